The standard InChI is InChI=1S/C21H22N4O5/c1-30-19-13-16(25(28)29)7-8-17(19)24-20(26)14-18(21(24)27)23-11-9-22(10-12-23)15-5-3-2-4-6-15/h2-8,13,18H,9-12,14H2,1H3. The third-order valence-electron chi connectivity index (χ3n) is 5.61. The van der Waals surface area contributed by atoms with Crippen LogP contribution in [0.25, 0.3) is 0 Å². The zero-order valence-corrected chi connectivity index (χ0v) is 16.6. The molecule has 9 heteroatoms. The van der Waals surface area contributed by atoms with Crippen molar-refractivity contribution in [1.29, 1.82) is 0 Å². The highest BCUT2D eigenvalue weighted by atomic mass is 16.6. The first-order chi connectivity index (χ1) is 14.5. The lowest BCUT2D eigenvalue weighted by Gasteiger charge is -2.38. The zero-order chi connectivity index (χ0) is 21.3. The van der Waals surface area contributed by atoms with Gasteiger partial charge in [0.2, 0.25) is 5.91 Å². The molecule has 2 aromatic rings. The number of benzene rings is 2. The number of nitro groups is 1. The maximum Gasteiger partial charge on any atom is 0.273 e. The molecule has 0 bridgehead atoms. The molecule has 2 amide bonds. The largest absolute Gasteiger partial charge is 0.494 e. The third-order valence-corrected chi connectivity index (χ3v) is 5.61. The number of nitro benzene ring substituents is 1. The summed E-state index contributed by atoms with van der Waals surface area (Å²) in [5.41, 5.74) is 1.22. The topological polar surface area (TPSA) is 96.2 Å². The first-order valence-electron chi connectivity index (χ1n) is 9.73. The van der Waals surface area contributed by atoms with Gasteiger partial charge in [-0.25, -0.2) is 4.90 Å². The van der Waals surface area contributed by atoms with Crippen LogP contribution < -0.4 is 14.5 Å². The van der Waals surface area contributed by atoms with Gasteiger partial charge in [0.25, 0.3) is 11.6 Å². The summed E-state index contributed by atoms with van der Waals surface area (Å²) < 4.78 is 5.22. The van der Waals surface area contributed by atoms with Gasteiger partial charge in [-0.05, 0) is 18.2 Å². The monoisotopic (exact) mass is 410 g/mol. The summed E-state index contributed by atoms with van der Waals surface area (Å²) in [7, 11) is 1.36. The van der Waals surface area contributed by atoms with Crippen LogP contribution in [0.2, 0.25) is 0 Å². The van der Waals surface area contributed by atoms with Gasteiger partial charge in [-0.2, -0.15) is 0 Å². The van der Waals surface area contributed by atoms with E-state index in [4.69, 9.17) is 4.74 Å². The van der Waals surface area contributed by atoms with Crippen LogP contribution in [-0.2, 0) is 9.59 Å². The van der Waals surface area contributed by atoms with Gasteiger partial charge in [0, 0.05) is 37.9 Å². The van der Waals surface area contributed by atoms with Crippen molar-refractivity contribution in [3.05, 3.63) is 58.6 Å². The highest BCUT2D eigenvalue weighted by Crippen LogP contribution is 2.36. The second-order valence-electron chi connectivity index (χ2n) is 7.26. The summed E-state index contributed by atoms with van der Waals surface area (Å²) >= 11 is 0. The highest BCUT2D eigenvalue weighted by molar-refractivity contribution is 6.23. The lowest BCUT2D eigenvalue weighted by atomic mass is 10.1. The fraction of sp³-hybridized carbons (Fsp3) is 0.333. The summed E-state index contributed by atoms with van der Waals surface area (Å²) in [4.78, 5) is 41.7. The van der Waals surface area contributed by atoms with Crippen LogP contribution in [0.4, 0.5) is 17.1 Å². The summed E-state index contributed by atoms with van der Waals surface area (Å²) in [6, 6.07) is 13.4. The third kappa shape index (κ3) is 3.59. The Kier molecular flexibility index (Phi) is 5.37. The van der Waals surface area contributed by atoms with E-state index in [1.165, 1.54) is 25.3 Å². The van der Waals surface area contributed by atoms with Gasteiger partial charge < -0.3 is 9.64 Å². The van der Waals surface area contributed by atoms with E-state index in [-0.39, 0.29) is 35.4 Å². The van der Waals surface area contributed by atoms with Gasteiger partial charge in [0.15, 0.2) is 0 Å². The maximum absolute atomic E-state index is 13.1. The van der Waals surface area contributed by atoms with E-state index in [0.717, 1.165) is 23.7 Å². The quantitative estimate of drug-likeness (QED) is 0.423. The number of nitrogens with zero attached hydrogens (tertiary/aromatic N) is 4. The molecule has 0 saturated carbocycles. The lowest BCUT2D eigenvalue weighted by Crippen LogP contribution is -2.52. The summed E-state index contributed by atoms with van der Waals surface area (Å²) in [6.45, 7) is 2.87. The SMILES string of the molecule is COc1cc([N+](=O)[O-])ccc1N1C(=O)CC(N2CCN(c3ccccc3)CC2)C1=O. The number of anilines is 2. The lowest BCUT2D eigenvalue weighted by molar-refractivity contribution is -0.384. The number of non-ortho nitro benzene ring substituents is 1. The molecule has 0 N–H and O–H groups in total. The molecule has 1 atom stereocenters. The van der Waals surface area contributed by atoms with Crippen LogP contribution in [0.15, 0.2) is 48.5 Å². The van der Waals surface area contributed by atoms with E-state index in [2.05, 4.69) is 17.0 Å². The average molecular weight is 410 g/mol. The Labute approximate surface area is 173 Å². The first kappa shape index (κ1) is 19.8. The predicted molar refractivity (Wildman–Crippen MR) is 111 cm³/mol. The fourth-order valence-corrected chi connectivity index (χ4v) is 4.05. The molecular weight excluding hydrogens is 388 g/mol. The van der Waals surface area contributed by atoms with Gasteiger partial charge in [0.1, 0.15) is 5.75 Å². The molecule has 4 rings (SSSR count). The minimum Gasteiger partial charge on any atom is -0.494 e. The minimum absolute atomic E-state index is 0.0876. The van der Waals surface area contributed by atoms with Crippen molar-refractivity contribution in [2.45, 2.75) is 12.5 Å². The Balaban J connectivity index is 1.49. The van der Waals surface area contributed by atoms with Crippen LogP contribution in [-0.4, -0.2) is 61.0 Å². The molecule has 2 aliphatic heterocycles. The second-order valence-corrected chi connectivity index (χ2v) is 7.26. The van der Waals surface area contributed by atoms with E-state index in [1.54, 1.807) is 0 Å². The van der Waals surface area contributed by atoms with Crippen molar-refractivity contribution in [2.75, 3.05) is 43.1 Å². The molecule has 2 aromatic carbocycles. The Hall–Kier alpha value is -3.46. The van der Waals surface area contributed by atoms with E-state index >= 15 is 0 Å². The maximum atomic E-state index is 13.1. The van der Waals surface area contributed by atoms with Gasteiger partial charge in [0.05, 0.1) is 36.2 Å². The van der Waals surface area contributed by atoms with Crippen molar-refractivity contribution in [2.24, 2.45) is 0 Å². The summed E-state index contributed by atoms with van der Waals surface area (Å²) in [5.74, 6) is -0.525. The molecule has 2 saturated heterocycles. The molecule has 0 aliphatic carbocycles. The van der Waals surface area contributed by atoms with Crippen LogP contribution in [0.3, 0.4) is 0 Å². The van der Waals surface area contributed by atoms with E-state index < -0.39 is 11.0 Å². The molecule has 2 heterocycles. The highest BCUT2D eigenvalue weighted by Gasteiger charge is 2.44. The molecule has 30 heavy (non-hydrogen) atoms. The molecular formula is C21H22N4O5. The van der Waals surface area contributed by atoms with Gasteiger partial charge in [-0.15, -0.1) is 0 Å². The number of carbonyl (C=O) groups is 2. The zero-order valence-electron chi connectivity index (χ0n) is 16.6. The van der Waals surface area contributed by atoms with Crippen molar-refractivity contribution in [3.8, 4) is 5.75 Å². The molecule has 0 aromatic heterocycles. The molecule has 9 nitrogen and oxygen atoms in total. The smallest absolute Gasteiger partial charge is 0.273 e. The molecule has 156 valence electrons. The van der Waals surface area contributed by atoms with Crippen LogP contribution >= 0.6 is 0 Å². The van der Waals surface area contributed by atoms with Gasteiger partial charge in [-0.1, -0.05) is 18.2 Å². The van der Waals surface area contributed by atoms with Crippen LogP contribution in [0.5, 0.6) is 5.75 Å². The number of hydrogen-bond acceptors (Lipinski definition) is 7. The van der Waals surface area contributed by atoms with E-state index in [9.17, 15) is 19.7 Å². The van der Waals surface area contributed by atoms with Crippen LogP contribution in [0, 0.1) is 10.1 Å². The first-order valence-corrected chi connectivity index (χ1v) is 9.73. The van der Waals surface area contributed by atoms with E-state index in [1.807, 2.05) is 23.1 Å². The Bertz CT molecular complexity index is 973. The molecule has 2 fully saturated rings. The number of methoxy groups -OCH3 is 1. The second kappa shape index (κ2) is 8.11. The summed E-state index contributed by atoms with van der Waals surface area (Å²) in [6.07, 6.45) is 0.0876. The van der Waals surface area contributed by atoms with Gasteiger partial charge >= 0.3 is 0 Å². The molecule has 2 aliphatic rings. The average Bonchev–Trinajstić information content (AvgIpc) is 3.07. The van der Waals surface area contributed by atoms with Crippen molar-refractivity contribution < 1.29 is 19.2 Å². The number of imide groups is 1. The van der Waals surface area contributed by atoms with Crippen molar-refractivity contribution in [3.63, 3.8) is 0 Å². The fourth-order valence-electron chi connectivity index (χ4n) is 4.05. The number of amides is 2. The number of rotatable bonds is 5. The number of para-hydroxylation sites is 1. The Morgan fingerprint density at radius 1 is 1.03 bits per heavy atom. The molecule has 1 unspecified atom stereocenters. The normalized spacial score (nSPS) is 20.0. The Morgan fingerprint density at radius 2 is 1.73 bits per heavy atom. The van der Waals surface area contributed by atoms with Crippen LogP contribution in [0.1, 0.15) is 6.42 Å². The van der Waals surface area contributed by atoms with Gasteiger partial charge in [-0.3, -0.25) is 24.6 Å². The number of ether oxygens (including phenoxy) is 1. The molecule has 0 spiro atoms. The minimum atomic E-state index is -0.547. The summed E-state index contributed by atoms with van der Waals surface area (Å²) in [5, 5.41) is 11.0. The predicted octanol–water partition coefficient (Wildman–Crippen LogP) is 2.06. The Morgan fingerprint density at radius 3 is 2.37 bits per heavy atom. The van der Waals surface area contributed by atoms with Crippen molar-refractivity contribution >= 4 is 28.9 Å². The van der Waals surface area contributed by atoms with Crippen molar-refractivity contribution in [1.82, 2.24) is 4.90 Å². The number of piperazine rings is 1. The molecule has 0 radical (unpaired) electrons. The number of hydrogen-bond donors (Lipinski definition) is 0. The number of carbonyl (C=O) groups excluding carboxylic acids is 2. The van der Waals surface area contributed by atoms with E-state index in [0.29, 0.717) is 13.1 Å².